The maximum Gasteiger partial charge on any atom is 0.264 e. The highest BCUT2D eigenvalue weighted by molar-refractivity contribution is 7.86. The van der Waals surface area contributed by atoms with Crippen LogP contribution in [-0.4, -0.2) is 37.2 Å². The van der Waals surface area contributed by atoms with Gasteiger partial charge >= 0.3 is 0 Å². The van der Waals surface area contributed by atoms with Crippen molar-refractivity contribution in [2.45, 2.75) is 19.6 Å². The number of hydrogen-bond donors (Lipinski definition) is 0. The number of aromatic nitrogens is 2. The van der Waals surface area contributed by atoms with Crippen LogP contribution in [0.5, 0.6) is 5.88 Å². The van der Waals surface area contributed by atoms with Crippen molar-refractivity contribution in [3.8, 4) is 5.88 Å². The van der Waals surface area contributed by atoms with Crippen LogP contribution in [0.25, 0.3) is 0 Å². The molecule has 0 spiro atoms. The van der Waals surface area contributed by atoms with E-state index in [-0.39, 0.29) is 6.61 Å². The molecule has 2 rings (SSSR count). The first-order valence-electron chi connectivity index (χ1n) is 4.49. The smallest absolute Gasteiger partial charge is 0.264 e. The van der Waals surface area contributed by atoms with Crippen LogP contribution in [0.3, 0.4) is 0 Å². The molecule has 15 heavy (non-hydrogen) atoms. The van der Waals surface area contributed by atoms with Crippen molar-refractivity contribution < 1.29 is 17.3 Å². The molecule has 6 nitrogen and oxygen atoms in total. The molecule has 0 aromatic carbocycles. The van der Waals surface area contributed by atoms with Gasteiger partial charge in [0.1, 0.15) is 12.7 Å². The highest BCUT2D eigenvalue weighted by atomic mass is 32.2. The van der Waals surface area contributed by atoms with Gasteiger partial charge in [0, 0.05) is 6.07 Å². The Hall–Kier alpha value is -1.08. The fraction of sp³-hybridized carbons (Fsp3) is 0.625. The Labute approximate surface area is 87.9 Å². The second kappa shape index (κ2) is 3.49. The van der Waals surface area contributed by atoms with Crippen molar-refractivity contribution in [3.63, 3.8) is 0 Å². The van der Waals surface area contributed by atoms with Crippen LogP contribution in [0.4, 0.5) is 0 Å². The lowest BCUT2D eigenvalue weighted by molar-refractivity contribution is 0.0796. The first-order chi connectivity index (χ1) is 6.94. The summed E-state index contributed by atoms with van der Waals surface area (Å²) >= 11 is 0. The molecule has 0 saturated carbocycles. The third-order valence-corrected chi connectivity index (χ3v) is 2.59. The molecule has 84 valence electrons. The lowest BCUT2D eigenvalue weighted by Crippen LogP contribution is -2.34. The Balaban J connectivity index is 2.12. The van der Waals surface area contributed by atoms with Crippen LogP contribution in [0.2, 0.25) is 0 Å². The predicted octanol–water partition coefficient (Wildman–Crippen LogP) is -0.0713. The van der Waals surface area contributed by atoms with E-state index in [9.17, 15) is 8.42 Å². The second-order valence-electron chi connectivity index (χ2n) is 3.54. The molecule has 2 heterocycles. The summed E-state index contributed by atoms with van der Waals surface area (Å²) in [4.78, 5) is 0. The van der Waals surface area contributed by atoms with Gasteiger partial charge in [-0.25, -0.2) is 4.68 Å². The van der Waals surface area contributed by atoms with Crippen LogP contribution in [0.15, 0.2) is 6.07 Å². The lowest BCUT2D eigenvalue weighted by atomic mass is 10.3. The van der Waals surface area contributed by atoms with Crippen molar-refractivity contribution in [1.29, 1.82) is 0 Å². The van der Waals surface area contributed by atoms with E-state index in [0.29, 0.717) is 12.4 Å². The zero-order chi connectivity index (χ0) is 11.1. The monoisotopic (exact) mass is 232 g/mol. The maximum absolute atomic E-state index is 10.9. The molecule has 0 aliphatic carbocycles. The van der Waals surface area contributed by atoms with Crippen molar-refractivity contribution in [2.24, 2.45) is 0 Å². The molecule has 0 bridgehead atoms. The van der Waals surface area contributed by atoms with Crippen molar-refractivity contribution >= 4 is 10.1 Å². The van der Waals surface area contributed by atoms with Crippen molar-refractivity contribution in [2.75, 3.05) is 12.9 Å². The van der Waals surface area contributed by atoms with Gasteiger partial charge in [0.05, 0.1) is 18.5 Å². The molecule has 0 radical (unpaired) electrons. The van der Waals surface area contributed by atoms with Gasteiger partial charge in [-0.1, -0.05) is 0 Å². The van der Waals surface area contributed by atoms with E-state index >= 15 is 0 Å². The average molecular weight is 232 g/mol. The van der Waals surface area contributed by atoms with Crippen LogP contribution in [0.1, 0.15) is 5.69 Å². The first-order valence-corrected chi connectivity index (χ1v) is 6.31. The van der Waals surface area contributed by atoms with E-state index < -0.39 is 16.2 Å². The second-order valence-corrected chi connectivity index (χ2v) is 5.14. The van der Waals surface area contributed by atoms with Gasteiger partial charge in [-0.2, -0.15) is 13.5 Å². The van der Waals surface area contributed by atoms with Gasteiger partial charge in [-0.3, -0.25) is 4.18 Å². The topological polar surface area (TPSA) is 70.4 Å². The summed E-state index contributed by atoms with van der Waals surface area (Å²) in [6.45, 7) is 2.48. The minimum absolute atomic E-state index is 0.234. The molecule has 1 atom stereocenters. The summed E-state index contributed by atoms with van der Waals surface area (Å²) in [6.07, 6.45) is 0.531. The predicted molar refractivity (Wildman–Crippen MR) is 52.2 cm³/mol. The SMILES string of the molecule is Cc1cc2n(n1)CC(OS(C)(=O)=O)CO2. The van der Waals surface area contributed by atoms with E-state index in [2.05, 4.69) is 5.10 Å². The molecule has 0 fully saturated rings. The number of aryl methyl sites for hydroxylation is 1. The Kier molecular flexibility index (Phi) is 2.43. The van der Waals surface area contributed by atoms with Crippen molar-refractivity contribution in [1.82, 2.24) is 9.78 Å². The Bertz CT molecular complexity index is 465. The molecular formula is C8H12N2O4S. The highest BCUT2D eigenvalue weighted by Gasteiger charge is 2.24. The molecule has 7 heteroatoms. The average Bonchev–Trinajstić information content (AvgIpc) is 2.40. The zero-order valence-corrected chi connectivity index (χ0v) is 9.32. The number of nitrogens with zero attached hydrogens (tertiary/aromatic N) is 2. The Morgan fingerprint density at radius 1 is 1.67 bits per heavy atom. The van der Waals surface area contributed by atoms with Crippen LogP contribution in [-0.2, 0) is 20.8 Å². The quantitative estimate of drug-likeness (QED) is 0.667. The van der Waals surface area contributed by atoms with E-state index in [0.717, 1.165) is 11.9 Å². The van der Waals surface area contributed by atoms with E-state index in [1.165, 1.54) is 0 Å². The van der Waals surface area contributed by atoms with Crippen LogP contribution < -0.4 is 4.74 Å². The summed E-state index contributed by atoms with van der Waals surface area (Å²) < 4.78 is 33.6. The molecule has 0 N–H and O–H groups in total. The molecular weight excluding hydrogens is 220 g/mol. The van der Waals surface area contributed by atoms with E-state index in [1.807, 2.05) is 6.92 Å². The molecule has 1 aliphatic heterocycles. The largest absolute Gasteiger partial charge is 0.475 e. The molecule has 1 aliphatic rings. The Morgan fingerprint density at radius 3 is 3.07 bits per heavy atom. The van der Waals surface area contributed by atoms with Crippen LogP contribution >= 0.6 is 0 Å². The molecule has 0 saturated heterocycles. The summed E-state index contributed by atoms with van der Waals surface area (Å²) in [5.74, 6) is 0.654. The number of hydrogen-bond acceptors (Lipinski definition) is 5. The third kappa shape index (κ3) is 2.48. The normalized spacial score (nSPS) is 20.8. The first kappa shape index (κ1) is 10.4. The van der Waals surface area contributed by atoms with Gasteiger partial charge in [0.2, 0.25) is 5.88 Å². The number of fused-ring (bicyclic) bond motifs is 1. The molecule has 1 aromatic heterocycles. The molecule has 1 aromatic rings. The highest BCUT2D eigenvalue weighted by Crippen LogP contribution is 2.19. The lowest BCUT2D eigenvalue weighted by Gasteiger charge is -2.22. The summed E-state index contributed by atoms with van der Waals surface area (Å²) in [5.41, 5.74) is 0.838. The minimum atomic E-state index is -3.44. The maximum atomic E-state index is 10.9. The third-order valence-electron chi connectivity index (χ3n) is 1.97. The zero-order valence-electron chi connectivity index (χ0n) is 8.50. The summed E-state index contributed by atoms with van der Waals surface area (Å²) in [7, 11) is -3.44. The summed E-state index contributed by atoms with van der Waals surface area (Å²) in [6, 6.07) is 1.80. The Morgan fingerprint density at radius 2 is 2.40 bits per heavy atom. The molecule has 0 amide bonds. The van der Waals surface area contributed by atoms with Gasteiger partial charge in [-0.05, 0) is 6.92 Å². The van der Waals surface area contributed by atoms with Gasteiger partial charge in [-0.15, -0.1) is 0 Å². The standard InChI is InChI=1S/C8H12N2O4S/c1-6-3-8-10(9-6)4-7(5-13-8)14-15(2,11)12/h3,7H,4-5H2,1-2H3. The van der Waals surface area contributed by atoms with E-state index in [1.54, 1.807) is 10.7 Å². The minimum Gasteiger partial charge on any atom is -0.475 e. The number of ether oxygens (including phenoxy) is 1. The fourth-order valence-corrected chi connectivity index (χ4v) is 2.11. The molecule has 1 unspecified atom stereocenters. The van der Waals surface area contributed by atoms with Gasteiger partial charge in [0.25, 0.3) is 10.1 Å². The van der Waals surface area contributed by atoms with Gasteiger partial charge in [0.15, 0.2) is 0 Å². The van der Waals surface area contributed by atoms with Crippen molar-refractivity contribution in [3.05, 3.63) is 11.8 Å². The van der Waals surface area contributed by atoms with Gasteiger partial charge < -0.3 is 4.74 Å². The fourth-order valence-electron chi connectivity index (χ4n) is 1.50. The summed E-state index contributed by atoms with van der Waals surface area (Å²) in [5, 5.41) is 4.15. The van der Waals surface area contributed by atoms with E-state index in [4.69, 9.17) is 8.92 Å². The number of rotatable bonds is 2. The van der Waals surface area contributed by atoms with Crippen LogP contribution in [0, 0.1) is 6.92 Å².